The second kappa shape index (κ2) is 6.53. The second-order valence-corrected chi connectivity index (χ2v) is 6.83. The molecule has 0 spiro atoms. The van der Waals surface area contributed by atoms with E-state index in [1.165, 1.54) is 7.11 Å². The third kappa shape index (κ3) is 3.16. The van der Waals surface area contributed by atoms with Gasteiger partial charge < -0.3 is 14.7 Å². The van der Waals surface area contributed by atoms with Gasteiger partial charge in [-0.15, -0.1) is 0 Å². The first-order chi connectivity index (χ1) is 11.4. The lowest BCUT2D eigenvalue weighted by Gasteiger charge is -2.28. The molecule has 1 aromatic carbocycles. The molecule has 1 aromatic rings. The van der Waals surface area contributed by atoms with Crippen molar-refractivity contribution in [2.45, 2.75) is 44.0 Å². The number of methoxy groups -OCH3 is 1. The molecule has 2 aliphatic heterocycles. The highest BCUT2D eigenvalue weighted by molar-refractivity contribution is 5.87. The number of benzene rings is 1. The molecule has 2 heterocycles. The number of amides is 1. The molecular formula is C18H24N2O4. The lowest BCUT2D eigenvalue weighted by Crippen LogP contribution is -2.45. The number of carbonyl (C=O) groups excluding carboxylic acids is 2. The van der Waals surface area contributed by atoms with Crippen molar-refractivity contribution < 1.29 is 19.4 Å². The van der Waals surface area contributed by atoms with Crippen LogP contribution in [0, 0.1) is 5.92 Å². The molecule has 24 heavy (non-hydrogen) atoms. The molecule has 6 nitrogen and oxygen atoms in total. The molecule has 0 aliphatic carbocycles. The van der Waals surface area contributed by atoms with E-state index in [1.54, 1.807) is 11.8 Å². The second-order valence-electron chi connectivity index (χ2n) is 6.83. The number of rotatable bonds is 3. The molecule has 0 aromatic heterocycles. The van der Waals surface area contributed by atoms with Gasteiger partial charge in [0.15, 0.2) is 0 Å². The van der Waals surface area contributed by atoms with Crippen molar-refractivity contribution in [2.24, 2.45) is 5.92 Å². The van der Waals surface area contributed by atoms with Crippen LogP contribution in [0.25, 0.3) is 0 Å². The van der Waals surface area contributed by atoms with Crippen LogP contribution in [0.5, 0.6) is 0 Å². The molecule has 0 saturated carbocycles. The summed E-state index contributed by atoms with van der Waals surface area (Å²) < 4.78 is 4.83. The van der Waals surface area contributed by atoms with Gasteiger partial charge in [-0.05, 0) is 25.3 Å². The van der Waals surface area contributed by atoms with Gasteiger partial charge in [0.05, 0.1) is 13.0 Å². The van der Waals surface area contributed by atoms with Crippen LogP contribution in [-0.4, -0.2) is 47.3 Å². The van der Waals surface area contributed by atoms with E-state index in [2.05, 4.69) is 5.32 Å². The molecule has 4 atom stereocenters. The fraction of sp³-hybridized carbons (Fsp3) is 0.556. The summed E-state index contributed by atoms with van der Waals surface area (Å²) in [4.78, 5) is 26.7. The Morgan fingerprint density at radius 2 is 2.04 bits per heavy atom. The van der Waals surface area contributed by atoms with Crippen LogP contribution in [0.15, 0.2) is 30.3 Å². The zero-order valence-electron chi connectivity index (χ0n) is 14.1. The van der Waals surface area contributed by atoms with Crippen LogP contribution in [0.3, 0.4) is 0 Å². The first-order valence-corrected chi connectivity index (χ1v) is 8.36. The van der Waals surface area contributed by atoms with E-state index in [0.29, 0.717) is 19.4 Å². The highest BCUT2D eigenvalue weighted by atomic mass is 16.5. The number of nitrogens with one attached hydrogen (secondary N) is 1. The summed E-state index contributed by atoms with van der Waals surface area (Å²) in [5.74, 6) is -0.871. The van der Waals surface area contributed by atoms with E-state index in [1.807, 2.05) is 30.3 Å². The molecule has 1 amide bonds. The quantitative estimate of drug-likeness (QED) is 0.814. The van der Waals surface area contributed by atoms with Gasteiger partial charge in [0, 0.05) is 19.0 Å². The lowest BCUT2D eigenvalue weighted by molar-refractivity contribution is -0.152. The van der Waals surface area contributed by atoms with E-state index in [-0.39, 0.29) is 17.9 Å². The maximum atomic E-state index is 13.1. The maximum absolute atomic E-state index is 13.1. The summed E-state index contributed by atoms with van der Waals surface area (Å²) >= 11 is 0. The van der Waals surface area contributed by atoms with Gasteiger partial charge in [-0.1, -0.05) is 30.3 Å². The zero-order valence-corrected chi connectivity index (χ0v) is 14.1. The Balaban J connectivity index is 1.85. The topological polar surface area (TPSA) is 78.9 Å². The van der Waals surface area contributed by atoms with Crippen LogP contribution in [0.4, 0.5) is 0 Å². The first kappa shape index (κ1) is 16.9. The number of likely N-dealkylation sites (tertiary alicyclic amines) is 1. The van der Waals surface area contributed by atoms with Crippen LogP contribution < -0.4 is 5.32 Å². The van der Waals surface area contributed by atoms with E-state index in [4.69, 9.17) is 4.74 Å². The third-order valence-corrected chi connectivity index (χ3v) is 4.97. The summed E-state index contributed by atoms with van der Waals surface area (Å²) in [7, 11) is 1.35. The van der Waals surface area contributed by atoms with Crippen LogP contribution in [0.1, 0.15) is 37.8 Å². The van der Waals surface area contributed by atoms with E-state index in [9.17, 15) is 14.7 Å². The molecule has 0 bridgehead atoms. The Morgan fingerprint density at radius 1 is 1.33 bits per heavy atom. The number of esters is 1. The number of hydrogen-bond donors (Lipinski definition) is 2. The monoisotopic (exact) mass is 332 g/mol. The maximum Gasteiger partial charge on any atom is 0.328 e. The Labute approximate surface area is 141 Å². The summed E-state index contributed by atoms with van der Waals surface area (Å²) in [5.41, 5.74) is -0.149. The van der Waals surface area contributed by atoms with Gasteiger partial charge in [-0.2, -0.15) is 0 Å². The SMILES string of the molecule is COC(=O)[C@@H]1CCCN1C(=O)[C@H]1C[C@@](C)(O)N[C@@H]1c1ccccc1. The summed E-state index contributed by atoms with van der Waals surface area (Å²) in [5, 5.41) is 13.6. The van der Waals surface area contributed by atoms with Crippen LogP contribution in [0.2, 0.25) is 0 Å². The minimum Gasteiger partial charge on any atom is -0.467 e. The van der Waals surface area contributed by atoms with E-state index >= 15 is 0 Å². The minimum absolute atomic E-state index is 0.0953. The number of hydrogen-bond acceptors (Lipinski definition) is 5. The number of nitrogens with zero attached hydrogens (tertiary/aromatic N) is 1. The van der Waals surface area contributed by atoms with Crippen molar-refractivity contribution >= 4 is 11.9 Å². The molecule has 0 unspecified atom stereocenters. The fourth-order valence-corrected chi connectivity index (χ4v) is 3.87. The van der Waals surface area contributed by atoms with Gasteiger partial charge >= 0.3 is 5.97 Å². The van der Waals surface area contributed by atoms with Crippen molar-refractivity contribution in [2.75, 3.05) is 13.7 Å². The van der Waals surface area contributed by atoms with Gasteiger partial charge in [0.25, 0.3) is 0 Å². The Kier molecular flexibility index (Phi) is 4.60. The van der Waals surface area contributed by atoms with Gasteiger partial charge in [-0.3, -0.25) is 10.1 Å². The summed E-state index contributed by atoms with van der Waals surface area (Å²) in [6.45, 7) is 2.23. The average molecular weight is 332 g/mol. The summed E-state index contributed by atoms with van der Waals surface area (Å²) in [6.07, 6.45) is 1.73. The normalized spacial score (nSPS) is 32.8. The van der Waals surface area contributed by atoms with Crippen molar-refractivity contribution in [3.63, 3.8) is 0 Å². The molecule has 2 aliphatic rings. The summed E-state index contributed by atoms with van der Waals surface area (Å²) in [6, 6.07) is 8.86. The molecule has 6 heteroatoms. The number of carbonyl (C=O) groups is 2. The number of aliphatic hydroxyl groups is 1. The Morgan fingerprint density at radius 3 is 2.71 bits per heavy atom. The molecule has 2 N–H and O–H groups in total. The molecule has 2 saturated heterocycles. The average Bonchev–Trinajstić information content (AvgIpc) is 3.18. The molecule has 3 rings (SSSR count). The lowest BCUT2D eigenvalue weighted by atomic mass is 9.91. The zero-order chi connectivity index (χ0) is 17.3. The Hall–Kier alpha value is -1.92. The van der Waals surface area contributed by atoms with Crippen molar-refractivity contribution in [1.82, 2.24) is 10.2 Å². The van der Waals surface area contributed by atoms with Crippen molar-refractivity contribution in [3.05, 3.63) is 35.9 Å². The highest BCUT2D eigenvalue weighted by Crippen LogP contribution is 2.39. The fourth-order valence-electron chi connectivity index (χ4n) is 3.87. The third-order valence-electron chi connectivity index (χ3n) is 4.97. The van der Waals surface area contributed by atoms with Gasteiger partial charge in [-0.25, -0.2) is 4.79 Å². The van der Waals surface area contributed by atoms with Gasteiger partial charge in [0.2, 0.25) is 5.91 Å². The molecule has 130 valence electrons. The predicted octanol–water partition coefficient (Wildman–Crippen LogP) is 1.21. The van der Waals surface area contributed by atoms with Crippen LogP contribution >= 0.6 is 0 Å². The standard InChI is InChI=1S/C18H24N2O4/c1-18(23)11-13(15(19-18)12-7-4-3-5-8-12)16(21)20-10-6-9-14(20)17(22)24-2/h3-5,7-8,13-15,19,23H,6,9-11H2,1-2H3/t13-,14-,15+,18+/m0/s1. The van der Waals surface area contributed by atoms with Crippen LogP contribution in [-0.2, 0) is 14.3 Å². The molecule has 0 radical (unpaired) electrons. The first-order valence-electron chi connectivity index (χ1n) is 8.36. The minimum atomic E-state index is -1.11. The molecule has 2 fully saturated rings. The van der Waals surface area contributed by atoms with Crippen molar-refractivity contribution in [1.29, 1.82) is 0 Å². The smallest absolute Gasteiger partial charge is 0.328 e. The largest absolute Gasteiger partial charge is 0.467 e. The number of ether oxygens (including phenoxy) is 1. The predicted molar refractivity (Wildman–Crippen MR) is 87.8 cm³/mol. The van der Waals surface area contributed by atoms with Gasteiger partial charge in [0.1, 0.15) is 11.8 Å². The highest BCUT2D eigenvalue weighted by Gasteiger charge is 2.48. The van der Waals surface area contributed by atoms with E-state index < -0.39 is 17.7 Å². The Bertz CT molecular complexity index is 617. The molecular weight excluding hydrogens is 308 g/mol. The van der Waals surface area contributed by atoms with Crippen molar-refractivity contribution in [3.8, 4) is 0 Å². The van der Waals surface area contributed by atoms with E-state index in [0.717, 1.165) is 12.0 Å².